The Morgan fingerprint density at radius 1 is 1.11 bits per heavy atom. The van der Waals surface area contributed by atoms with Gasteiger partial charge in [-0.05, 0) is 42.8 Å². The second-order valence-electron chi connectivity index (χ2n) is 8.82. The minimum Gasteiger partial charge on any atom is -0.491 e. The Bertz CT molecular complexity index is 1280. The topological polar surface area (TPSA) is 63.3 Å². The predicted octanol–water partition coefficient (Wildman–Crippen LogP) is 6.20. The van der Waals surface area contributed by atoms with E-state index in [2.05, 4.69) is 33.6 Å². The largest absolute Gasteiger partial charge is 0.491 e. The average molecular weight is 527 g/mol. The lowest BCUT2D eigenvalue weighted by Crippen LogP contribution is -2.34. The van der Waals surface area contributed by atoms with Gasteiger partial charge >= 0.3 is 0 Å². The predicted molar refractivity (Wildman–Crippen MR) is 139 cm³/mol. The van der Waals surface area contributed by atoms with Gasteiger partial charge in [0, 0.05) is 35.1 Å². The third-order valence-electron chi connectivity index (χ3n) is 6.20. The molecule has 0 aliphatic carbocycles. The molecule has 36 heavy (non-hydrogen) atoms. The number of rotatable bonds is 10. The molecule has 188 valence electrons. The number of aryl methyl sites for hydroxylation is 1. The maximum absolute atomic E-state index is 6.55. The van der Waals surface area contributed by atoms with E-state index in [-0.39, 0.29) is 6.10 Å². The Balaban J connectivity index is 1.26. The molecule has 0 unspecified atom stereocenters. The molecule has 3 heterocycles. The molecule has 0 bridgehead atoms. The molecule has 2 aromatic carbocycles. The van der Waals surface area contributed by atoms with E-state index >= 15 is 0 Å². The van der Waals surface area contributed by atoms with Crippen LogP contribution in [0.1, 0.15) is 25.3 Å². The third-order valence-corrected chi connectivity index (χ3v) is 6.75. The fourth-order valence-corrected chi connectivity index (χ4v) is 4.91. The van der Waals surface area contributed by atoms with Gasteiger partial charge in [0.05, 0.1) is 42.7 Å². The Morgan fingerprint density at radius 3 is 2.72 bits per heavy atom. The molecule has 5 rings (SSSR count). The molecule has 0 spiro atoms. The zero-order valence-electron chi connectivity index (χ0n) is 20.0. The molecule has 0 N–H and O–H groups in total. The first-order valence-electron chi connectivity index (χ1n) is 12.0. The van der Waals surface area contributed by atoms with Crippen LogP contribution in [-0.4, -0.2) is 38.4 Å². The quantitative estimate of drug-likeness (QED) is 0.246. The van der Waals surface area contributed by atoms with E-state index in [1.165, 1.54) is 0 Å². The summed E-state index contributed by atoms with van der Waals surface area (Å²) in [7, 11) is 0. The molecule has 0 radical (unpaired) electrons. The molecular formula is C27H28Cl2N4O3. The molecule has 2 atom stereocenters. The highest BCUT2D eigenvalue weighted by Crippen LogP contribution is 2.40. The van der Waals surface area contributed by atoms with Gasteiger partial charge in [-0.25, -0.2) is 9.97 Å². The van der Waals surface area contributed by atoms with Crippen LogP contribution in [0.2, 0.25) is 10.0 Å². The zero-order valence-corrected chi connectivity index (χ0v) is 21.5. The monoisotopic (exact) mass is 526 g/mol. The first-order valence-corrected chi connectivity index (χ1v) is 12.8. The molecule has 1 aliphatic heterocycles. The maximum atomic E-state index is 6.55. The number of halogens is 2. The first kappa shape index (κ1) is 24.8. The van der Waals surface area contributed by atoms with E-state index < -0.39 is 5.79 Å². The Labute approximate surface area is 220 Å². The van der Waals surface area contributed by atoms with Gasteiger partial charge in [-0.3, -0.25) is 0 Å². The summed E-state index contributed by atoms with van der Waals surface area (Å²) < 4.78 is 22.9. The van der Waals surface area contributed by atoms with Crippen molar-refractivity contribution in [3.8, 4) is 17.0 Å². The summed E-state index contributed by atoms with van der Waals surface area (Å²) in [5.41, 5.74) is 2.92. The van der Waals surface area contributed by atoms with E-state index in [1.807, 2.05) is 41.5 Å². The number of hydrogen-bond donors (Lipinski definition) is 0. The van der Waals surface area contributed by atoms with E-state index in [1.54, 1.807) is 24.7 Å². The van der Waals surface area contributed by atoms with Crippen molar-refractivity contribution >= 4 is 23.2 Å². The summed E-state index contributed by atoms with van der Waals surface area (Å²) >= 11 is 12.7. The Hall–Kier alpha value is -2.84. The minimum atomic E-state index is -1.07. The third kappa shape index (κ3) is 5.44. The number of nitrogens with zero attached hydrogens (tertiary/aromatic N) is 4. The molecule has 1 saturated heterocycles. The molecule has 1 aliphatic rings. The summed E-state index contributed by atoms with van der Waals surface area (Å²) in [6.07, 6.45) is 11.1. The minimum absolute atomic E-state index is 0.282. The van der Waals surface area contributed by atoms with Crippen molar-refractivity contribution in [2.45, 2.75) is 44.7 Å². The van der Waals surface area contributed by atoms with Crippen molar-refractivity contribution in [3.05, 3.63) is 89.3 Å². The number of ether oxygens (including phenoxy) is 3. The van der Waals surface area contributed by atoms with Crippen LogP contribution in [0, 0.1) is 0 Å². The van der Waals surface area contributed by atoms with Crippen LogP contribution in [0.4, 0.5) is 0 Å². The average Bonchev–Trinajstić information content (AvgIpc) is 3.64. The lowest BCUT2D eigenvalue weighted by Gasteiger charge is -2.30. The van der Waals surface area contributed by atoms with Gasteiger partial charge < -0.3 is 23.3 Å². The lowest BCUT2D eigenvalue weighted by molar-refractivity contribution is -0.189. The SMILES string of the molecule is CCCCn1cncc1-c1ccc(OC[C@@H]2CO[C@@](Cn3ccnc3)(c3ccc(Cl)cc3Cl)O2)cc1. The highest BCUT2D eigenvalue weighted by atomic mass is 35.5. The summed E-state index contributed by atoms with van der Waals surface area (Å²) in [4.78, 5) is 8.45. The van der Waals surface area contributed by atoms with Crippen molar-refractivity contribution in [3.63, 3.8) is 0 Å². The van der Waals surface area contributed by atoms with Crippen LogP contribution in [-0.2, 0) is 28.4 Å². The number of hydrogen-bond acceptors (Lipinski definition) is 5. The van der Waals surface area contributed by atoms with E-state index in [0.717, 1.165) is 36.4 Å². The second-order valence-corrected chi connectivity index (χ2v) is 9.67. The number of benzene rings is 2. The van der Waals surface area contributed by atoms with Crippen molar-refractivity contribution in [1.29, 1.82) is 0 Å². The van der Waals surface area contributed by atoms with Crippen LogP contribution >= 0.6 is 23.2 Å². The maximum Gasteiger partial charge on any atom is 0.215 e. The first-order chi connectivity index (χ1) is 17.6. The van der Waals surface area contributed by atoms with Gasteiger partial charge in [0.15, 0.2) is 0 Å². The molecule has 1 fully saturated rings. The fraction of sp³-hybridized carbons (Fsp3) is 0.333. The van der Waals surface area contributed by atoms with Gasteiger partial charge in [0.25, 0.3) is 0 Å². The van der Waals surface area contributed by atoms with Crippen LogP contribution in [0.15, 0.2) is 73.7 Å². The van der Waals surface area contributed by atoms with Crippen molar-refractivity contribution < 1.29 is 14.2 Å². The van der Waals surface area contributed by atoms with Gasteiger partial charge in [0.1, 0.15) is 18.5 Å². The lowest BCUT2D eigenvalue weighted by atomic mass is 10.1. The van der Waals surface area contributed by atoms with Crippen molar-refractivity contribution in [2.24, 2.45) is 0 Å². The molecule has 0 amide bonds. The fourth-order valence-electron chi connectivity index (χ4n) is 4.35. The highest BCUT2D eigenvalue weighted by molar-refractivity contribution is 6.35. The van der Waals surface area contributed by atoms with Gasteiger partial charge in [-0.2, -0.15) is 0 Å². The summed E-state index contributed by atoms with van der Waals surface area (Å²) in [6.45, 7) is 4.24. The zero-order chi connectivity index (χ0) is 25.0. The number of aromatic nitrogens is 4. The smallest absolute Gasteiger partial charge is 0.215 e. The van der Waals surface area contributed by atoms with E-state index in [9.17, 15) is 0 Å². The summed E-state index contributed by atoms with van der Waals surface area (Å²) in [6, 6.07) is 13.4. The van der Waals surface area contributed by atoms with Gasteiger partial charge in [0.2, 0.25) is 5.79 Å². The molecule has 4 aromatic rings. The summed E-state index contributed by atoms with van der Waals surface area (Å²) in [5, 5.41) is 1.04. The van der Waals surface area contributed by atoms with Crippen molar-refractivity contribution in [2.75, 3.05) is 13.2 Å². The van der Waals surface area contributed by atoms with Crippen LogP contribution < -0.4 is 4.74 Å². The highest BCUT2D eigenvalue weighted by Gasteiger charge is 2.45. The van der Waals surface area contributed by atoms with Crippen molar-refractivity contribution in [1.82, 2.24) is 19.1 Å². The number of imidazole rings is 2. The van der Waals surface area contributed by atoms with Gasteiger partial charge in [-0.15, -0.1) is 0 Å². The summed E-state index contributed by atoms with van der Waals surface area (Å²) in [5.74, 6) is -0.310. The standard InChI is InChI=1S/C27H28Cl2N4O3/c1-2-3-11-33-19-31-14-26(33)20-4-7-22(8-5-20)34-15-23-16-35-27(36-23,17-32-12-10-30-18-32)24-9-6-21(28)13-25(24)29/h4-10,12-14,18-19,23H,2-3,11,15-17H2,1H3/t23-,27-/m1/s1. The van der Waals surface area contributed by atoms with Crippen LogP contribution in [0.25, 0.3) is 11.3 Å². The normalized spacial score (nSPS) is 19.6. The molecule has 2 aromatic heterocycles. The van der Waals surface area contributed by atoms with Crippen LogP contribution in [0.5, 0.6) is 5.75 Å². The number of unbranched alkanes of at least 4 members (excludes halogenated alkanes) is 1. The van der Waals surface area contributed by atoms with E-state index in [0.29, 0.717) is 35.4 Å². The van der Waals surface area contributed by atoms with Gasteiger partial charge in [-0.1, -0.05) is 42.6 Å². The Morgan fingerprint density at radius 2 is 1.97 bits per heavy atom. The van der Waals surface area contributed by atoms with Crippen LogP contribution in [0.3, 0.4) is 0 Å². The molecule has 7 nitrogen and oxygen atoms in total. The molecular weight excluding hydrogens is 499 g/mol. The molecule has 0 saturated carbocycles. The second kappa shape index (κ2) is 11.0. The Kier molecular flexibility index (Phi) is 7.62. The molecule has 9 heteroatoms. The van der Waals surface area contributed by atoms with E-state index in [4.69, 9.17) is 37.4 Å².